The molecule has 0 saturated carbocycles. The van der Waals surface area contributed by atoms with Gasteiger partial charge in [0, 0.05) is 57.9 Å². The van der Waals surface area contributed by atoms with Crippen molar-refractivity contribution in [2.45, 2.75) is 57.0 Å². The molecule has 7 rings (SSSR count). The number of methoxy groups -OCH3 is 1. The molecule has 4 aromatic rings. The van der Waals surface area contributed by atoms with Crippen LogP contribution in [0.4, 0.5) is 28.8 Å². The first-order valence-electron chi connectivity index (χ1n) is 20.0. The molecule has 0 radical (unpaired) electrons. The van der Waals surface area contributed by atoms with Crippen LogP contribution in [0.5, 0.6) is 11.5 Å². The Labute approximate surface area is 362 Å². The van der Waals surface area contributed by atoms with E-state index >= 15 is 0 Å². The molecule has 18 nitrogen and oxygen atoms in total. The molecule has 1 atom stereocenters. The fraction of sp³-hybridized carbons (Fsp3) is 0.357. The standard InChI is InChI=1S/C42H46ClN8O10P/c1-58-33-23-26(14-15-29(33)47-42-44-24-28(43)38(49-42)46-30-10-4-5-12-34(30)62(57,59-2)60-3)50-20-18-25(19-21-50)45-35(52)13-6-7-22-61-32-11-8-9-27-37(32)41(56)51(40(27)55)31-16-17-36(53)48-39(31)54/h4-5,8-12,14-15,23-25,31H,6-7,13,16-22H2,1-3H3,(H,45,52)(H,48,53,54)(H2,44,46,47,49). The summed E-state index contributed by atoms with van der Waals surface area (Å²) in [5.74, 6) is -1.11. The number of para-hydroxylation sites is 1. The van der Waals surface area contributed by atoms with E-state index in [1.807, 2.05) is 18.2 Å². The predicted molar refractivity (Wildman–Crippen MR) is 230 cm³/mol. The van der Waals surface area contributed by atoms with Crippen LogP contribution in [0.3, 0.4) is 0 Å². The van der Waals surface area contributed by atoms with Gasteiger partial charge in [0.05, 0.1) is 47.7 Å². The molecular weight excluding hydrogens is 843 g/mol. The third kappa shape index (κ3) is 9.53. The van der Waals surface area contributed by atoms with Gasteiger partial charge in [-0.2, -0.15) is 4.98 Å². The van der Waals surface area contributed by atoms with E-state index in [0.29, 0.717) is 54.8 Å². The van der Waals surface area contributed by atoms with Gasteiger partial charge in [0.2, 0.25) is 23.7 Å². The highest BCUT2D eigenvalue weighted by Gasteiger charge is 2.46. The number of halogens is 1. The third-order valence-electron chi connectivity index (χ3n) is 10.8. The molecule has 4 heterocycles. The summed E-state index contributed by atoms with van der Waals surface area (Å²) in [6.07, 6.45) is 4.43. The molecule has 20 heteroatoms. The molecule has 1 aromatic heterocycles. The first-order valence-corrected chi connectivity index (χ1v) is 21.9. The van der Waals surface area contributed by atoms with Crippen LogP contribution in [0.1, 0.15) is 65.7 Å². The number of carbonyl (C=O) groups excluding carboxylic acids is 5. The lowest BCUT2D eigenvalue weighted by molar-refractivity contribution is -0.136. The van der Waals surface area contributed by atoms with Crippen molar-refractivity contribution in [1.82, 2.24) is 25.5 Å². The van der Waals surface area contributed by atoms with Gasteiger partial charge in [0.1, 0.15) is 22.6 Å². The van der Waals surface area contributed by atoms with Crippen molar-refractivity contribution >= 4 is 82.9 Å². The van der Waals surface area contributed by atoms with Gasteiger partial charge in [-0.25, -0.2) is 4.98 Å². The monoisotopic (exact) mass is 888 g/mol. The zero-order chi connectivity index (χ0) is 44.0. The van der Waals surface area contributed by atoms with Crippen LogP contribution in [0.25, 0.3) is 0 Å². The van der Waals surface area contributed by atoms with Crippen LogP contribution in [-0.4, -0.2) is 97.5 Å². The van der Waals surface area contributed by atoms with E-state index in [-0.39, 0.29) is 65.1 Å². The number of amides is 5. The smallest absolute Gasteiger partial charge is 0.362 e. The molecule has 4 N–H and O–H groups in total. The molecule has 62 heavy (non-hydrogen) atoms. The van der Waals surface area contributed by atoms with Gasteiger partial charge in [-0.3, -0.25) is 38.8 Å². The minimum atomic E-state index is -3.59. The van der Waals surface area contributed by atoms with Gasteiger partial charge in [-0.05, 0) is 68.5 Å². The van der Waals surface area contributed by atoms with Crippen molar-refractivity contribution in [3.8, 4) is 11.5 Å². The topological polar surface area (TPSA) is 220 Å². The van der Waals surface area contributed by atoms with Crippen molar-refractivity contribution in [1.29, 1.82) is 0 Å². The summed E-state index contributed by atoms with van der Waals surface area (Å²) in [6.45, 7) is 1.65. The lowest BCUT2D eigenvalue weighted by atomic mass is 10.0. The highest BCUT2D eigenvalue weighted by molar-refractivity contribution is 7.62. The van der Waals surface area contributed by atoms with Crippen LogP contribution in [0.15, 0.2) is 66.9 Å². The van der Waals surface area contributed by atoms with Gasteiger partial charge >= 0.3 is 7.60 Å². The highest BCUT2D eigenvalue weighted by Crippen LogP contribution is 2.47. The van der Waals surface area contributed by atoms with Crippen LogP contribution in [-0.2, 0) is 28.0 Å². The first-order chi connectivity index (χ1) is 29.9. The van der Waals surface area contributed by atoms with E-state index in [2.05, 4.69) is 36.1 Å². The molecule has 2 fully saturated rings. The number of nitrogens with zero attached hydrogens (tertiary/aromatic N) is 4. The second-order valence-corrected chi connectivity index (χ2v) is 17.3. The number of hydrogen-bond acceptors (Lipinski definition) is 15. The minimum Gasteiger partial charge on any atom is -0.494 e. The molecule has 0 aliphatic carbocycles. The lowest BCUT2D eigenvalue weighted by Gasteiger charge is -2.34. The maximum Gasteiger partial charge on any atom is 0.362 e. The molecule has 326 valence electrons. The van der Waals surface area contributed by atoms with E-state index in [0.717, 1.165) is 23.4 Å². The largest absolute Gasteiger partial charge is 0.494 e. The number of piperidine rings is 2. The Bertz CT molecular complexity index is 2420. The Morgan fingerprint density at radius 3 is 2.42 bits per heavy atom. The van der Waals surface area contributed by atoms with Crippen molar-refractivity contribution < 1.29 is 47.1 Å². The molecule has 3 aliphatic heterocycles. The minimum absolute atomic E-state index is 0.0216. The molecule has 3 aromatic carbocycles. The number of aromatic nitrogens is 2. The summed E-state index contributed by atoms with van der Waals surface area (Å²) in [7, 11) is 0.609. The number of carbonyl (C=O) groups is 5. The van der Waals surface area contributed by atoms with Gasteiger partial charge in [-0.15, -0.1) is 0 Å². The fourth-order valence-electron chi connectivity index (χ4n) is 7.59. The summed E-state index contributed by atoms with van der Waals surface area (Å²) >= 11 is 6.45. The number of ether oxygens (including phenoxy) is 2. The van der Waals surface area contributed by atoms with Gasteiger partial charge in [0.25, 0.3) is 11.8 Å². The number of anilines is 5. The average molecular weight is 889 g/mol. The molecule has 0 spiro atoms. The summed E-state index contributed by atoms with van der Waals surface area (Å²) in [5.41, 5.74) is 2.25. The van der Waals surface area contributed by atoms with E-state index < -0.39 is 37.3 Å². The van der Waals surface area contributed by atoms with Crippen molar-refractivity contribution in [2.75, 3.05) is 56.6 Å². The van der Waals surface area contributed by atoms with E-state index in [9.17, 15) is 28.5 Å². The van der Waals surface area contributed by atoms with Crippen LogP contribution < -0.4 is 40.9 Å². The zero-order valence-corrected chi connectivity index (χ0v) is 35.9. The van der Waals surface area contributed by atoms with E-state index in [1.54, 1.807) is 43.5 Å². The Morgan fingerprint density at radius 2 is 1.68 bits per heavy atom. The normalized spacial score (nSPS) is 16.8. The fourth-order valence-corrected chi connectivity index (χ4v) is 8.96. The Hall–Kier alpha value is -6.07. The Morgan fingerprint density at radius 1 is 0.903 bits per heavy atom. The Balaban J connectivity index is 0.866. The molecule has 2 saturated heterocycles. The molecule has 0 bridgehead atoms. The zero-order valence-electron chi connectivity index (χ0n) is 34.3. The number of benzene rings is 3. The molecule has 3 aliphatic rings. The highest BCUT2D eigenvalue weighted by atomic mass is 35.5. The summed E-state index contributed by atoms with van der Waals surface area (Å²) in [6, 6.07) is 16.3. The Kier molecular flexibility index (Phi) is 13.7. The third-order valence-corrected chi connectivity index (χ3v) is 13.0. The average Bonchev–Trinajstić information content (AvgIpc) is 3.53. The number of nitrogens with one attached hydrogen (secondary N) is 4. The molecular formula is C42H46ClN8O10P. The lowest BCUT2D eigenvalue weighted by Crippen LogP contribution is -2.54. The maximum atomic E-state index is 13.3. The second kappa shape index (κ2) is 19.3. The van der Waals surface area contributed by atoms with Crippen LogP contribution >= 0.6 is 19.2 Å². The number of fused-ring (bicyclic) bond motifs is 1. The summed E-state index contributed by atoms with van der Waals surface area (Å²) in [4.78, 5) is 75.3. The number of imide groups is 2. The first kappa shape index (κ1) is 44.0. The SMILES string of the molecule is COc1cc(N2CCC(NC(=O)CCCCOc3cccc4c3C(=O)N(C3CCC(=O)NC3=O)C4=O)CC2)ccc1Nc1ncc(Cl)c(Nc2ccccc2P(=O)(OC)OC)n1. The van der Waals surface area contributed by atoms with Gasteiger partial charge in [-0.1, -0.05) is 29.8 Å². The number of hydrogen-bond donors (Lipinski definition) is 4. The predicted octanol–water partition coefficient (Wildman–Crippen LogP) is 5.47. The molecule has 5 amide bonds. The van der Waals surface area contributed by atoms with Gasteiger partial charge < -0.3 is 39.4 Å². The van der Waals surface area contributed by atoms with Crippen LogP contribution in [0.2, 0.25) is 5.02 Å². The number of rotatable bonds is 17. The molecule has 1 unspecified atom stereocenters. The maximum absolute atomic E-state index is 13.3. The second-order valence-electron chi connectivity index (χ2n) is 14.7. The van der Waals surface area contributed by atoms with Crippen molar-refractivity contribution in [3.05, 3.63) is 83.0 Å². The summed E-state index contributed by atoms with van der Waals surface area (Å²) in [5, 5.41) is 12.2. The van der Waals surface area contributed by atoms with Gasteiger partial charge in [0.15, 0.2) is 5.82 Å². The van der Waals surface area contributed by atoms with E-state index in [4.69, 9.17) is 30.1 Å². The van der Waals surface area contributed by atoms with E-state index in [1.165, 1.54) is 26.5 Å². The summed E-state index contributed by atoms with van der Waals surface area (Å²) < 4.78 is 35.2. The van der Waals surface area contributed by atoms with Crippen molar-refractivity contribution in [3.63, 3.8) is 0 Å². The number of unbranched alkanes of at least 4 members (excludes halogenated alkanes) is 1. The quantitative estimate of drug-likeness (QED) is 0.0587. The van der Waals surface area contributed by atoms with Crippen molar-refractivity contribution in [2.24, 2.45) is 0 Å². The van der Waals surface area contributed by atoms with Crippen LogP contribution in [0, 0.1) is 0 Å².